The number of aryl methyl sites for hydroxylation is 1. The number of aromatic nitrogens is 4. The highest BCUT2D eigenvalue weighted by Crippen LogP contribution is 2.37. The van der Waals surface area contributed by atoms with E-state index in [1.807, 2.05) is 61.6 Å². The number of anilines is 1. The van der Waals surface area contributed by atoms with Crippen molar-refractivity contribution < 1.29 is 4.39 Å². The van der Waals surface area contributed by atoms with E-state index in [1.165, 1.54) is 11.3 Å². The van der Waals surface area contributed by atoms with E-state index in [1.54, 1.807) is 6.20 Å². The highest BCUT2D eigenvalue weighted by Gasteiger charge is 2.48. The minimum atomic E-state index is -1.06. The zero-order chi connectivity index (χ0) is 24.4. The second-order valence-corrected chi connectivity index (χ2v) is 11.4. The van der Waals surface area contributed by atoms with Crippen molar-refractivity contribution in [3.8, 4) is 17.5 Å². The Labute approximate surface area is 202 Å². The first-order valence-electron chi connectivity index (χ1n) is 11.3. The number of pyridine rings is 1. The highest BCUT2D eigenvalue weighted by molar-refractivity contribution is 7.21. The van der Waals surface area contributed by atoms with Crippen LogP contribution in [0.1, 0.15) is 45.2 Å². The molecule has 4 aromatic heterocycles. The van der Waals surface area contributed by atoms with Crippen molar-refractivity contribution in [2.24, 2.45) is 0 Å². The summed E-state index contributed by atoms with van der Waals surface area (Å²) >= 11 is 1.43. The van der Waals surface area contributed by atoms with E-state index in [0.29, 0.717) is 23.3 Å². The number of piperidine rings is 1. The molecule has 176 valence electrons. The van der Waals surface area contributed by atoms with E-state index >= 15 is 4.39 Å². The Morgan fingerprint density at radius 1 is 1.24 bits per heavy atom. The van der Waals surface area contributed by atoms with Crippen molar-refractivity contribution in [2.45, 2.75) is 64.3 Å². The topological polar surface area (TPSA) is 82.1 Å². The zero-order valence-corrected chi connectivity index (χ0v) is 21.0. The van der Waals surface area contributed by atoms with E-state index in [-0.39, 0.29) is 11.6 Å². The highest BCUT2D eigenvalue weighted by atomic mass is 32.1. The molecule has 4 aromatic rings. The van der Waals surface area contributed by atoms with Crippen LogP contribution in [0, 0.1) is 18.3 Å². The van der Waals surface area contributed by atoms with Crippen molar-refractivity contribution in [1.82, 2.24) is 24.7 Å². The maximum absolute atomic E-state index is 15.5. The molecule has 0 radical (unpaired) electrons. The van der Waals surface area contributed by atoms with Crippen LogP contribution in [0.2, 0.25) is 0 Å². The van der Waals surface area contributed by atoms with E-state index < -0.39 is 11.7 Å². The van der Waals surface area contributed by atoms with Crippen LogP contribution in [0.5, 0.6) is 0 Å². The van der Waals surface area contributed by atoms with E-state index in [9.17, 15) is 5.26 Å². The summed E-state index contributed by atoms with van der Waals surface area (Å²) in [6, 6.07) is 5.76. The standard InChI is InChI=1S/C25H28FN7S/c1-14-7-18-15(10-27)8-16(13-33(18)12-14)21-28-11-17-22(30-21)34-23(29-17)32(6)19-9-24(2,3)31-25(4,5)20(19)26/h7-8,11-13,19-20,31H,9H2,1-6H3/t19?,20-/m0/s1. The monoisotopic (exact) mass is 477 g/mol. The summed E-state index contributed by atoms with van der Waals surface area (Å²) in [5.74, 6) is 0.530. The molecule has 7 nitrogen and oxygen atoms in total. The largest absolute Gasteiger partial charge is 0.345 e. The summed E-state index contributed by atoms with van der Waals surface area (Å²) in [5, 5.41) is 13.8. The van der Waals surface area contributed by atoms with Gasteiger partial charge in [-0.05, 0) is 58.7 Å². The molecule has 2 atom stereocenters. The second kappa shape index (κ2) is 7.72. The predicted molar refractivity (Wildman–Crippen MR) is 134 cm³/mol. The molecule has 1 N–H and O–H groups in total. The molecule has 5 heterocycles. The van der Waals surface area contributed by atoms with Gasteiger partial charge < -0.3 is 14.6 Å². The minimum Gasteiger partial charge on any atom is -0.345 e. The lowest BCUT2D eigenvalue weighted by Crippen LogP contribution is -2.68. The molecule has 34 heavy (non-hydrogen) atoms. The molecule has 0 bridgehead atoms. The average molecular weight is 478 g/mol. The van der Waals surface area contributed by atoms with Crippen molar-refractivity contribution in [2.75, 3.05) is 11.9 Å². The Balaban J connectivity index is 1.51. The van der Waals surface area contributed by atoms with E-state index in [4.69, 9.17) is 9.97 Å². The summed E-state index contributed by atoms with van der Waals surface area (Å²) in [5.41, 5.74) is 3.12. The number of hydrogen-bond acceptors (Lipinski definition) is 7. The summed E-state index contributed by atoms with van der Waals surface area (Å²) in [6.07, 6.45) is 5.22. The molecular formula is C25H28FN7S. The summed E-state index contributed by atoms with van der Waals surface area (Å²) < 4.78 is 17.4. The van der Waals surface area contributed by atoms with E-state index in [0.717, 1.165) is 26.6 Å². The van der Waals surface area contributed by atoms with Gasteiger partial charge in [-0.25, -0.2) is 19.3 Å². The first-order valence-corrected chi connectivity index (χ1v) is 12.1. The van der Waals surface area contributed by atoms with Crippen molar-refractivity contribution >= 4 is 32.3 Å². The number of nitrogens with zero attached hydrogens (tertiary/aromatic N) is 6. The van der Waals surface area contributed by atoms with Gasteiger partial charge in [-0.1, -0.05) is 11.3 Å². The minimum absolute atomic E-state index is 0.192. The quantitative estimate of drug-likeness (QED) is 0.453. The van der Waals surface area contributed by atoms with Crippen molar-refractivity contribution in [3.63, 3.8) is 0 Å². The van der Waals surface area contributed by atoms with Crippen LogP contribution >= 0.6 is 11.3 Å². The molecular weight excluding hydrogens is 449 g/mol. The maximum Gasteiger partial charge on any atom is 0.188 e. The molecule has 1 aliphatic rings. The van der Waals surface area contributed by atoms with Crippen molar-refractivity contribution in [3.05, 3.63) is 41.9 Å². The van der Waals surface area contributed by atoms with Crippen LogP contribution in [0.4, 0.5) is 9.52 Å². The Morgan fingerprint density at radius 2 is 2.00 bits per heavy atom. The number of nitriles is 1. The normalized spacial score (nSPS) is 21.6. The summed E-state index contributed by atoms with van der Waals surface area (Å²) in [7, 11) is 1.91. The first kappa shape index (κ1) is 22.7. The van der Waals surface area contributed by atoms with Crippen LogP contribution in [0.15, 0.2) is 30.7 Å². The lowest BCUT2D eigenvalue weighted by Gasteiger charge is -2.51. The van der Waals surface area contributed by atoms with Gasteiger partial charge in [0.1, 0.15) is 22.6 Å². The molecule has 0 aliphatic carbocycles. The van der Waals surface area contributed by atoms with Gasteiger partial charge in [-0.3, -0.25) is 0 Å². The van der Waals surface area contributed by atoms with Gasteiger partial charge in [0.25, 0.3) is 0 Å². The lowest BCUT2D eigenvalue weighted by atomic mass is 9.77. The molecule has 0 aromatic carbocycles. The smallest absolute Gasteiger partial charge is 0.188 e. The van der Waals surface area contributed by atoms with E-state index in [2.05, 4.69) is 30.2 Å². The molecule has 1 saturated heterocycles. The SMILES string of the molecule is Cc1cc2c(C#N)cc(-c3ncc4nc(N(C)C5CC(C)(C)NC(C)(C)[C@H]5F)sc4n3)cn2c1. The van der Waals surface area contributed by atoms with Gasteiger partial charge in [0.15, 0.2) is 11.0 Å². The molecule has 9 heteroatoms. The third kappa shape index (κ3) is 3.81. The third-order valence-electron chi connectivity index (χ3n) is 6.56. The van der Waals surface area contributed by atoms with Crippen LogP contribution in [-0.4, -0.2) is 49.7 Å². The number of alkyl halides is 1. The summed E-state index contributed by atoms with van der Waals surface area (Å²) in [4.78, 5) is 16.7. The lowest BCUT2D eigenvalue weighted by molar-refractivity contribution is 0.0568. The fourth-order valence-electron chi connectivity index (χ4n) is 5.16. The fraction of sp³-hybridized carbons (Fsp3) is 0.440. The Bertz CT molecular complexity index is 1450. The van der Waals surface area contributed by atoms with Gasteiger partial charge in [-0.2, -0.15) is 5.26 Å². The number of rotatable bonds is 3. The van der Waals surface area contributed by atoms with Crippen LogP contribution in [0.3, 0.4) is 0 Å². The molecule has 0 amide bonds. The van der Waals surface area contributed by atoms with Crippen LogP contribution < -0.4 is 10.2 Å². The van der Waals surface area contributed by atoms with Gasteiger partial charge in [0.2, 0.25) is 0 Å². The Hall–Kier alpha value is -3.09. The number of nitrogens with one attached hydrogen (secondary N) is 1. The molecule has 1 fully saturated rings. The molecule has 0 spiro atoms. The molecule has 5 rings (SSSR count). The number of fused-ring (bicyclic) bond motifs is 2. The maximum atomic E-state index is 15.5. The first-order chi connectivity index (χ1) is 16.0. The number of hydrogen-bond donors (Lipinski definition) is 1. The zero-order valence-electron chi connectivity index (χ0n) is 20.2. The number of halogens is 1. The molecule has 1 unspecified atom stereocenters. The van der Waals surface area contributed by atoms with Crippen LogP contribution in [0.25, 0.3) is 27.3 Å². The Morgan fingerprint density at radius 3 is 2.74 bits per heavy atom. The predicted octanol–water partition coefficient (Wildman–Crippen LogP) is 4.88. The molecule has 1 aliphatic heterocycles. The second-order valence-electron chi connectivity index (χ2n) is 10.5. The fourth-order valence-corrected chi connectivity index (χ4v) is 6.09. The number of thiazole rings is 1. The average Bonchev–Trinajstić information content (AvgIpc) is 3.36. The molecule has 0 saturated carbocycles. The van der Waals surface area contributed by atoms with Crippen LogP contribution in [-0.2, 0) is 0 Å². The van der Waals surface area contributed by atoms with Crippen molar-refractivity contribution in [1.29, 1.82) is 5.26 Å². The van der Waals surface area contributed by atoms with Gasteiger partial charge >= 0.3 is 0 Å². The summed E-state index contributed by atoms with van der Waals surface area (Å²) in [6.45, 7) is 10.0. The third-order valence-corrected chi connectivity index (χ3v) is 7.62. The van der Waals surface area contributed by atoms with Gasteiger partial charge in [-0.15, -0.1) is 0 Å². The van der Waals surface area contributed by atoms with Gasteiger partial charge in [0.05, 0.1) is 23.3 Å². The Kier molecular flexibility index (Phi) is 5.15. The van der Waals surface area contributed by atoms with Gasteiger partial charge in [0, 0.05) is 36.1 Å².